The predicted molar refractivity (Wildman–Crippen MR) is 61.4 cm³/mol. The molecule has 1 nitrogen and oxygen atoms in total. The molecule has 0 aliphatic carbocycles. The Morgan fingerprint density at radius 3 is 2.23 bits per heavy atom. The molecule has 0 bridgehead atoms. The van der Waals surface area contributed by atoms with E-state index in [-0.39, 0.29) is 5.54 Å². The van der Waals surface area contributed by atoms with E-state index in [9.17, 15) is 0 Å². The summed E-state index contributed by atoms with van der Waals surface area (Å²) in [5.74, 6) is 0.523. The third-order valence-electron chi connectivity index (χ3n) is 1.51. The molecule has 0 aliphatic heterocycles. The van der Waals surface area contributed by atoms with Gasteiger partial charge in [-0.25, -0.2) is 0 Å². The van der Waals surface area contributed by atoms with Crippen LogP contribution in [0.3, 0.4) is 0 Å². The van der Waals surface area contributed by atoms with Crippen molar-refractivity contribution in [2.75, 3.05) is 0 Å². The number of nitrogens with zero attached hydrogens (tertiary/aromatic N) is 1. The molecule has 74 valence electrons. The van der Waals surface area contributed by atoms with Crippen LogP contribution >= 0.6 is 0 Å². The van der Waals surface area contributed by atoms with E-state index in [1.165, 1.54) is 0 Å². The Morgan fingerprint density at radius 2 is 1.77 bits per heavy atom. The van der Waals surface area contributed by atoms with Crippen LogP contribution in [0.4, 0.5) is 0 Å². The van der Waals surface area contributed by atoms with Gasteiger partial charge in [0.25, 0.3) is 0 Å². The quantitative estimate of drug-likeness (QED) is 0.461. The lowest BCUT2D eigenvalue weighted by molar-refractivity contribution is 0.653. The van der Waals surface area contributed by atoms with E-state index in [0.717, 1.165) is 0 Å². The molecule has 1 heteroatoms. The van der Waals surface area contributed by atoms with Crippen molar-refractivity contribution >= 4 is 6.21 Å². The third kappa shape index (κ3) is 7.51. The lowest BCUT2D eigenvalue weighted by atomic mass is 10.1. The molecule has 0 atom stereocenters. The Kier molecular flexibility index (Phi) is 5.36. The van der Waals surface area contributed by atoms with E-state index >= 15 is 0 Å². The molecule has 0 saturated carbocycles. The zero-order valence-electron chi connectivity index (χ0n) is 9.41. The third-order valence-corrected chi connectivity index (χ3v) is 1.51. The summed E-state index contributed by atoms with van der Waals surface area (Å²) in [6.45, 7) is 10.5. The molecule has 0 saturated heterocycles. The van der Waals surface area contributed by atoms with Crippen LogP contribution in [0.25, 0.3) is 0 Å². The summed E-state index contributed by atoms with van der Waals surface area (Å²) < 4.78 is 0. The predicted octanol–water partition coefficient (Wildman–Crippen LogP) is 3.62. The summed E-state index contributed by atoms with van der Waals surface area (Å²) in [4.78, 5) is 4.48. The van der Waals surface area contributed by atoms with Crippen molar-refractivity contribution in [1.82, 2.24) is 0 Å². The second-order valence-corrected chi connectivity index (χ2v) is 4.06. The van der Waals surface area contributed by atoms with Crippen molar-refractivity contribution < 1.29 is 0 Å². The van der Waals surface area contributed by atoms with Crippen molar-refractivity contribution in [3.8, 4) is 0 Å². The maximum absolute atomic E-state index is 4.48. The standard InChI is InChI=1S/C12H21N/c1-6-7-8-9-12(4,5)13-10-11(2)3/h6-11H,1-5H3/b7-6-,9-8-,13-10?. The first kappa shape index (κ1) is 12.2. The molecule has 0 aliphatic rings. The first-order chi connectivity index (χ1) is 5.98. The van der Waals surface area contributed by atoms with E-state index in [4.69, 9.17) is 0 Å². The zero-order chi connectivity index (χ0) is 10.3. The summed E-state index contributed by atoms with van der Waals surface area (Å²) in [6.07, 6.45) is 10.2. The molecule has 0 unspecified atom stereocenters. The molecule has 0 aromatic carbocycles. The van der Waals surface area contributed by atoms with Gasteiger partial charge in [0.15, 0.2) is 0 Å². The normalized spacial score (nSPS) is 14.3. The van der Waals surface area contributed by atoms with Crippen LogP contribution in [0.15, 0.2) is 29.3 Å². The second kappa shape index (κ2) is 5.74. The van der Waals surface area contributed by atoms with Gasteiger partial charge in [0.2, 0.25) is 0 Å². The van der Waals surface area contributed by atoms with Gasteiger partial charge in [-0.05, 0) is 26.7 Å². The highest BCUT2D eigenvalue weighted by Gasteiger charge is 2.08. The molecule has 13 heavy (non-hydrogen) atoms. The van der Waals surface area contributed by atoms with Crippen LogP contribution in [0.5, 0.6) is 0 Å². The van der Waals surface area contributed by atoms with Crippen molar-refractivity contribution in [3.63, 3.8) is 0 Å². The first-order valence-electron chi connectivity index (χ1n) is 4.84. The fraction of sp³-hybridized carbons (Fsp3) is 0.583. The molecule has 0 spiro atoms. The number of hydrogen-bond acceptors (Lipinski definition) is 1. The number of allylic oxidation sites excluding steroid dienone is 3. The van der Waals surface area contributed by atoms with E-state index < -0.39 is 0 Å². The van der Waals surface area contributed by atoms with Gasteiger partial charge in [0.05, 0.1) is 5.54 Å². The summed E-state index contributed by atoms with van der Waals surface area (Å²) in [5.41, 5.74) is -0.0796. The van der Waals surface area contributed by atoms with Gasteiger partial charge in [-0.1, -0.05) is 38.2 Å². The highest BCUT2D eigenvalue weighted by molar-refractivity contribution is 5.60. The van der Waals surface area contributed by atoms with E-state index in [2.05, 4.69) is 38.8 Å². The van der Waals surface area contributed by atoms with Crippen molar-refractivity contribution in [1.29, 1.82) is 0 Å². The first-order valence-corrected chi connectivity index (χ1v) is 4.84. The molecule has 0 amide bonds. The fourth-order valence-electron chi connectivity index (χ4n) is 0.786. The van der Waals surface area contributed by atoms with Gasteiger partial charge >= 0.3 is 0 Å². The van der Waals surface area contributed by atoms with Gasteiger partial charge in [0.1, 0.15) is 0 Å². The van der Waals surface area contributed by atoms with Gasteiger partial charge < -0.3 is 0 Å². The highest BCUT2D eigenvalue weighted by atomic mass is 14.8. The van der Waals surface area contributed by atoms with Crippen LogP contribution in [0.1, 0.15) is 34.6 Å². The van der Waals surface area contributed by atoms with E-state index in [1.807, 2.05) is 31.4 Å². The van der Waals surface area contributed by atoms with Crippen molar-refractivity contribution in [2.24, 2.45) is 10.9 Å². The Morgan fingerprint density at radius 1 is 1.15 bits per heavy atom. The molecular weight excluding hydrogens is 158 g/mol. The molecule has 0 fully saturated rings. The number of aliphatic imine (C=N–C) groups is 1. The zero-order valence-corrected chi connectivity index (χ0v) is 9.41. The Bertz CT molecular complexity index is 207. The Hall–Kier alpha value is -0.850. The maximum atomic E-state index is 4.48. The minimum absolute atomic E-state index is 0.0796. The minimum Gasteiger partial charge on any atom is -0.287 e. The van der Waals surface area contributed by atoms with Gasteiger partial charge in [0, 0.05) is 6.21 Å². The Balaban J connectivity index is 4.22. The Labute approximate surface area is 82.3 Å². The van der Waals surface area contributed by atoms with Gasteiger partial charge in [-0.15, -0.1) is 0 Å². The fourth-order valence-corrected chi connectivity index (χ4v) is 0.786. The van der Waals surface area contributed by atoms with Crippen LogP contribution in [0, 0.1) is 5.92 Å². The van der Waals surface area contributed by atoms with Crippen LogP contribution in [0.2, 0.25) is 0 Å². The number of rotatable bonds is 4. The van der Waals surface area contributed by atoms with E-state index in [1.54, 1.807) is 0 Å². The summed E-state index contributed by atoms with van der Waals surface area (Å²) in [7, 11) is 0. The second-order valence-electron chi connectivity index (χ2n) is 4.06. The monoisotopic (exact) mass is 179 g/mol. The molecule has 0 radical (unpaired) electrons. The average molecular weight is 179 g/mol. The number of hydrogen-bond donors (Lipinski definition) is 0. The van der Waals surface area contributed by atoms with Gasteiger partial charge in [-0.3, -0.25) is 4.99 Å². The van der Waals surface area contributed by atoms with Crippen molar-refractivity contribution in [3.05, 3.63) is 24.3 Å². The van der Waals surface area contributed by atoms with Crippen LogP contribution in [-0.2, 0) is 0 Å². The molecule has 0 aromatic heterocycles. The molecule has 0 aromatic rings. The molecular formula is C12H21N. The minimum atomic E-state index is -0.0796. The smallest absolute Gasteiger partial charge is 0.0730 e. The maximum Gasteiger partial charge on any atom is 0.0730 e. The molecule has 0 N–H and O–H groups in total. The molecule has 0 rings (SSSR count). The SMILES string of the molecule is C/C=C\C=C/C(C)(C)N=CC(C)C. The topological polar surface area (TPSA) is 12.4 Å². The van der Waals surface area contributed by atoms with Crippen molar-refractivity contribution in [2.45, 2.75) is 40.2 Å². The van der Waals surface area contributed by atoms with Crippen LogP contribution < -0.4 is 0 Å². The largest absolute Gasteiger partial charge is 0.287 e. The van der Waals surface area contributed by atoms with Gasteiger partial charge in [-0.2, -0.15) is 0 Å². The lowest BCUT2D eigenvalue weighted by Gasteiger charge is -2.14. The molecule has 0 heterocycles. The average Bonchev–Trinajstić information content (AvgIpc) is 2.02. The summed E-state index contributed by atoms with van der Waals surface area (Å²) >= 11 is 0. The van der Waals surface area contributed by atoms with E-state index in [0.29, 0.717) is 5.92 Å². The summed E-state index contributed by atoms with van der Waals surface area (Å²) in [6, 6.07) is 0. The van der Waals surface area contributed by atoms with Crippen LogP contribution in [-0.4, -0.2) is 11.8 Å². The summed E-state index contributed by atoms with van der Waals surface area (Å²) in [5, 5.41) is 0. The lowest BCUT2D eigenvalue weighted by Crippen LogP contribution is -2.13. The highest BCUT2D eigenvalue weighted by Crippen LogP contribution is 2.10.